The van der Waals surface area contributed by atoms with Gasteiger partial charge in [-0.1, -0.05) is 6.07 Å². The van der Waals surface area contributed by atoms with Crippen LogP contribution in [-0.2, 0) is 0 Å². The van der Waals surface area contributed by atoms with Gasteiger partial charge in [0.25, 0.3) is 0 Å². The van der Waals surface area contributed by atoms with Gasteiger partial charge in [0.05, 0.1) is 19.8 Å². The average Bonchev–Trinajstić information content (AvgIpc) is 3.51. The summed E-state index contributed by atoms with van der Waals surface area (Å²) >= 11 is 0. The van der Waals surface area contributed by atoms with Gasteiger partial charge in [0.2, 0.25) is 0 Å². The second-order valence-corrected chi connectivity index (χ2v) is 7.56. The molecule has 0 radical (unpaired) electrons. The predicted molar refractivity (Wildman–Crippen MR) is 119 cm³/mol. The molecular formula is C23H27N5O3. The van der Waals surface area contributed by atoms with E-state index in [1.54, 1.807) is 7.11 Å². The summed E-state index contributed by atoms with van der Waals surface area (Å²) in [6.45, 7) is 4.40. The number of H-pyrrole nitrogens is 1. The zero-order valence-electron chi connectivity index (χ0n) is 17.9. The predicted octanol–water partition coefficient (Wildman–Crippen LogP) is 4.64. The van der Waals surface area contributed by atoms with E-state index in [2.05, 4.69) is 25.8 Å². The molecule has 1 heterocycles. The highest BCUT2D eigenvalue weighted by Crippen LogP contribution is 2.38. The number of carbonyl (C=O) groups is 1. The lowest BCUT2D eigenvalue weighted by atomic mass is 10.1. The number of ether oxygens (including phenoxy) is 2. The number of amides is 2. The van der Waals surface area contributed by atoms with Gasteiger partial charge in [-0.2, -0.15) is 5.10 Å². The number of methoxy groups -OCH3 is 1. The first-order valence-electron chi connectivity index (χ1n) is 10.5. The molecule has 0 aliphatic heterocycles. The molecule has 4 rings (SSSR count). The molecule has 1 aliphatic rings. The molecule has 1 unspecified atom stereocenters. The molecule has 3 N–H and O–H groups in total. The Bertz CT molecular complexity index is 1040. The Morgan fingerprint density at radius 3 is 2.65 bits per heavy atom. The van der Waals surface area contributed by atoms with E-state index in [1.807, 2.05) is 56.3 Å². The molecule has 1 fully saturated rings. The van der Waals surface area contributed by atoms with Gasteiger partial charge < -0.3 is 20.1 Å². The molecular weight excluding hydrogens is 394 g/mol. The van der Waals surface area contributed by atoms with Gasteiger partial charge in [-0.05, 0) is 68.7 Å². The number of anilines is 1. The van der Waals surface area contributed by atoms with Crippen LogP contribution >= 0.6 is 0 Å². The Hall–Kier alpha value is -3.55. The highest BCUT2D eigenvalue weighted by atomic mass is 16.5. The molecule has 1 saturated carbocycles. The lowest BCUT2D eigenvalue weighted by Crippen LogP contribution is -2.31. The van der Waals surface area contributed by atoms with E-state index < -0.39 is 0 Å². The Morgan fingerprint density at radius 2 is 1.97 bits per heavy atom. The lowest BCUT2D eigenvalue weighted by Gasteiger charge is -2.17. The Balaban J connectivity index is 1.35. The number of aromatic nitrogens is 3. The molecule has 1 atom stereocenters. The van der Waals surface area contributed by atoms with Crippen LogP contribution < -0.4 is 20.1 Å². The number of carbonyl (C=O) groups excluding carboxylic acids is 1. The third-order valence-electron chi connectivity index (χ3n) is 5.20. The number of urea groups is 1. The first-order valence-corrected chi connectivity index (χ1v) is 10.5. The third-order valence-corrected chi connectivity index (χ3v) is 5.20. The van der Waals surface area contributed by atoms with Crippen molar-refractivity contribution < 1.29 is 14.3 Å². The average molecular weight is 422 g/mol. The van der Waals surface area contributed by atoms with Crippen molar-refractivity contribution in [3.05, 3.63) is 53.9 Å². The molecule has 31 heavy (non-hydrogen) atoms. The number of benzene rings is 2. The summed E-state index contributed by atoms with van der Waals surface area (Å²) in [6, 6.07) is 12.6. The second-order valence-electron chi connectivity index (χ2n) is 7.56. The highest BCUT2D eigenvalue weighted by molar-refractivity contribution is 5.89. The fraction of sp³-hybridized carbons (Fsp3) is 0.348. The van der Waals surface area contributed by atoms with E-state index in [9.17, 15) is 4.79 Å². The number of nitrogens with zero attached hydrogens (tertiary/aromatic N) is 2. The number of nitrogens with one attached hydrogen (secondary N) is 3. The van der Waals surface area contributed by atoms with Crippen LogP contribution in [0.25, 0.3) is 11.4 Å². The van der Waals surface area contributed by atoms with E-state index in [1.165, 1.54) is 12.8 Å². The van der Waals surface area contributed by atoms with Crippen molar-refractivity contribution in [2.45, 2.75) is 38.6 Å². The minimum Gasteiger partial charge on any atom is -0.493 e. The number of hydrogen-bond donors (Lipinski definition) is 3. The van der Waals surface area contributed by atoms with Gasteiger partial charge in [0.15, 0.2) is 17.3 Å². The van der Waals surface area contributed by atoms with Gasteiger partial charge >= 0.3 is 6.03 Å². The maximum absolute atomic E-state index is 12.5. The second kappa shape index (κ2) is 9.07. The standard InChI is InChI=1S/C23H27N5O3/c1-4-31-19-12-9-17(13-20(19)30-3)14(2)24-23(29)25-18-10-7-16(8-11-18)22-26-21(27-28-22)15-5-6-15/h7-15H,4-6H2,1-3H3,(H2,24,25,29)(H,26,27,28). The smallest absolute Gasteiger partial charge is 0.319 e. The Kier molecular flexibility index (Phi) is 6.06. The van der Waals surface area contributed by atoms with Crippen molar-refractivity contribution in [2.75, 3.05) is 19.0 Å². The van der Waals surface area contributed by atoms with Gasteiger partial charge in [0, 0.05) is 17.2 Å². The zero-order chi connectivity index (χ0) is 21.8. The summed E-state index contributed by atoms with van der Waals surface area (Å²) in [5, 5.41) is 13.1. The first kappa shape index (κ1) is 20.7. The minimum absolute atomic E-state index is 0.210. The molecule has 0 spiro atoms. The number of hydrogen-bond acceptors (Lipinski definition) is 5. The van der Waals surface area contributed by atoms with Gasteiger partial charge in [0.1, 0.15) is 5.82 Å². The van der Waals surface area contributed by atoms with Crippen molar-refractivity contribution in [3.8, 4) is 22.9 Å². The van der Waals surface area contributed by atoms with Crippen LogP contribution in [0, 0.1) is 0 Å². The van der Waals surface area contributed by atoms with E-state index in [0.29, 0.717) is 35.5 Å². The van der Waals surface area contributed by atoms with Crippen molar-refractivity contribution >= 4 is 11.7 Å². The van der Waals surface area contributed by atoms with Gasteiger partial charge in [-0.3, -0.25) is 5.10 Å². The maximum atomic E-state index is 12.5. The van der Waals surface area contributed by atoms with E-state index in [0.717, 1.165) is 17.0 Å². The topological polar surface area (TPSA) is 101 Å². The van der Waals surface area contributed by atoms with E-state index in [4.69, 9.17) is 9.47 Å². The van der Waals surface area contributed by atoms with Crippen molar-refractivity contribution in [1.29, 1.82) is 0 Å². The number of rotatable bonds is 8. The summed E-state index contributed by atoms with van der Waals surface area (Å²) < 4.78 is 10.9. The molecule has 8 heteroatoms. The van der Waals surface area contributed by atoms with Gasteiger partial charge in [-0.15, -0.1) is 0 Å². The van der Waals surface area contributed by atoms with Crippen LogP contribution in [0.3, 0.4) is 0 Å². The fourth-order valence-corrected chi connectivity index (χ4v) is 3.32. The highest BCUT2D eigenvalue weighted by Gasteiger charge is 2.27. The van der Waals surface area contributed by atoms with Crippen LogP contribution in [0.5, 0.6) is 11.5 Å². The fourth-order valence-electron chi connectivity index (χ4n) is 3.32. The number of aromatic amines is 1. The first-order chi connectivity index (χ1) is 15.1. The quantitative estimate of drug-likeness (QED) is 0.492. The summed E-state index contributed by atoms with van der Waals surface area (Å²) in [4.78, 5) is 17.0. The largest absolute Gasteiger partial charge is 0.493 e. The molecule has 162 valence electrons. The molecule has 0 saturated heterocycles. The lowest BCUT2D eigenvalue weighted by molar-refractivity contribution is 0.249. The Morgan fingerprint density at radius 1 is 1.19 bits per heavy atom. The van der Waals surface area contributed by atoms with E-state index in [-0.39, 0.29) is 12.1 Å². The molecule has 0 bridgehead atoms. The van der Waals surface area contributed by atoms with Crippen LogP contribution in [0.2, 0.25) is 0 Å². The van der Waals surface area contributed by atoms with Crippen LogP contribution in [-0.4, -0.2) is 34.9 Å². The van der Waals surface area contributed by atoms with Crippen molar-refractivity contribution in [3.63, 3.8) is 0 Å². The monoisotopic (exact) mass is 421 g/mol. The van der Waals surface area contributed by atoms with Crippen molar-refractivity contribution in [2.24, 2.45) is 0 Å². The normalized spacial score (nSPS) is 14.0. The Labute approximate surface area is 181 Å². The van der Waals surface area contributed by atoms with Gasteiger partial charge in [-0.25, -0.2) is 9.78 Å². The molecule has 3 aromatic rings. The molecule has 1 aromatic heterocycles. The maximum Gasteiger partial charge on any atom is 0.319 e. The van der Waals surface area contributed by atoms with Crippen LogP contribution in [0.4, 0.5) is 10.5 Å². The summed E-state index contributed by atoms with van der Waals surface area (Å²) in [5.41, 5.74) is 2.52. The molecule has 1 aliphatic carbocycles. The van der Waals surface area contributed by atoms with Crippen LogP contribution in [0.1, 0.15) is 50.0 Å². The van der Waals surface area contributed by atoms with Crippen molar-refractivity contribution in [1.82, 2.24) is 20.5 Å². The molecule has 8 nitrogen and oxygen atoms in total. The third kappa shape index (κ3) is 4.96. The minimum atomic E-state index is -0.290. The molecule has 2 aromatic carbocycles. The summed E-state index contributed by atoms with van der Waals surface area (Å²) in [6.07, 6.45) is 2.35. The zero-order valence-corrected chi connectivity index (χ0v) is 17.9. The molecule has 2 amide bonds. The SMILES string of the molecule is CCOc1ccc(C(C)NC(=O)Nc2ccc(-c3n[nH]c(C4CC4)n3)cc2)cc1OC. The summed E-state index contributed by atoms with van der Waals surface area (Å²) in [7, 11) is 1.60. The van der Waals surface area contributed by atoms with Crippen LogP contribution in [0.15, 0.2) is 42.5 Å². The summed E-state index contributed by atoms with van der Waals surface area (Å²) in [5.74, 6) is 3.48. The van der Waals surface area contributed by atoms with E-state index >= 15 is 0 Å².